The summed E-state index contributed by atoms with van der Waals surface area (Å²) in [5, 5.41) is 24.4. The highest BCUT2D eigenvalue weighted by atomic mass is 32.2. The van der Waals surface area contributed by atoms with E-state index in [0.29, 0.717) is 5.69 Å². The maximum atomic E-state index is 9.43. The van der Waals surface area contributed by atoms with Crippen LogP contribution < -0.4 is 10.6 Å². The average molecular weight is 367 g/mol. The van der Waals surface area contributed by atoms with Gasteiger partial charge in [0.25, 0.3) is 0 Å². The van der Waals surface area contributed by atoms with Gasteiger partial charge in [0.2, 0.25) is 5.39 Å². The van der Waals surface area contributed by atoms with E-state index >= 15 is 0 Å². The predicted molar refractivity (Wildman–Crippen MR) is 100 cm³/mol. The quantitative estimate of drug-likeness (QED) is 0.291. The van der Waals surface area contributed by atoms with Gasteiger partial charge in [-0.2, -0.15) is 4.33 Å². The number of nitrogens with zero attached hydrogens (tertiary/aromatic N) is 2. The second-order valence-corrected chi connectivity index (χ2v) is 5.94. The maximum Gasteiger partial charge on any atom is 0.385 e. The summed E-state index contributed by atoms with van der Waals surface area (Å²) < 4.78 is 4.12. The van der Waals surface area contributed by atoms with E-state index in [9.17, 15) is 5.26 Å². The fourth-order valence-corrected chi connectivity index (χ4v) is 2.30. The summed E-state index contributed by atoms with van der Waals surface area (Å²) in [4.78, 5) is 3.93. The van der Waals surface area contributed by atoms with E-state index in [1.165, 1.54) is 0 Å². The van der Waals surface area contributed by atoms with Crippen LogP contribution in [-0.4, -0.2) is 0 Å². The van der Waals surface area contributed by atoms with E-state index in [2.05, 4.69) is 19.7 Å². The van der Waals surface area contributed by atoms with Crippen LogP contribution in [0, 0.1) is 12.3 Å². The molecular weight excluding hydrogens is 350 g/mol. The summed E-state index contributed by atoms with van der Waals surface area (Å²) in [5.74, 6) is 0. The van der Waals surface area contributed by atoms with Gasteiger partial charge in [0.1, 0.15) is 0 Å². The minimum absolute atomic E-state index is 0.550. The van der Waals surface area contributed by atoms with E-state index in [-0.39, 0.29) is 0 Å². The van der Waals surface area contributed by atoms with Crippen LogP contribution in [0.25, 0.3) is 4.98 Å². The Balaban J connectivity index is 0.000000197. The molecule has 0 bridgehead atoms. The van der Waals surface area contributed by atoms with E-state index in [4.69, 9.17) is 5.39 Å². The zero-order valence-electron chi connectivity index (χ0n) is 14.0. The first-order valence-corrected chi connectivity index (χ1v) is 8.42. The van der Waals surface area contributed by atoms with Crippen LogP contribution in [0.2, 0.25) is 0 Å². The summed E-state index contributed by atoms with van der Waals surface area (Å²) >= 11 is 0.894. The van der Waals surface area contributed by atoms with Gasteiger partial charge in [-0.15, -0.1) is 0 Å². The molecule has 3 rings (SSSR count). The molecule has 0 radical (unpaired) electrons. The third kappa shape index (κ3) is 6.93. The largest absolute Gasteiger partial charge is 0.691 e. The fourth-order valence-electron chi connectivity index (χ4n) is 1.95. The normalized spacial score (nSPS) is 9.58. The standard InChI is InChI=1S/C12H10N3.C7H8O3S/c13-15-12-8-6-11(7-9-12)14-10-4-2-1-3-5-10;1-6-2-4-7(5-3-6)11-10-9-8/h1-9,14H;2-5,8H,1H3/q+1;/p-1. The number of nitrogens with one attached hydrogen (secondary N) is 1. The van der Waals surface area contributed by atoms with Gasteiger partial charge < -0.3 is 10.6 Å². The van der Waals surface area contributed by atoms with E-state index in [0.717, 1.165) is 33.9 Å². The molecule has 3 aromatic rings. The van der Waals surface area contributed by atoms with Gasteiger partial charge in [-0.3, -0.25) is 5.04 Å². The lowest BCUT2D eigenvalue weighted by molar-refractivity contribution is -0.777. The number of hydrogen-bond donors (Lipinski definition) is 1. The Hall–Kier alpha value is -2.89. The first kappa shape index (κ1) is 19.4. The second kappa shape index (κ2) is 10.9. The smallest absolute Gasteiger partial charge is 0.385 e. The third-order valence-corrected chi connectivity index (χ3v) is 3.81. The van der Waals surface area contributed by atoms with Crippen molar-refractivity contribution in [1.82, 2.24) is 0 Å². The number of benzene rings is 3. The van der Waals surface area contributed by atoms with Crippen molar-refractivity contribution in [3.05, 3.63) is 89.4 Å². The molecule has 6 nitrogen and oxygen atoms in total. The van der Waals surface area contributed by atoms with Crippen LogP contribution in [0.15, 0.2) is 83.8 Å². The average Bonchev–Trinajstić information content (AvgIpc) is 2.69. The molecule has 0 amide bonds. The summed E-state index contributed by atoms with van der Waals surface area (Å²) in [6.07, 6.45) is 0. The van der Waals surface area contributed by atoms with Crippen molar-refractivity contribution < 1.29 is 14.6 Å². The lowest BCUT2D eigenvalue weighted by Gasteiger charge is -2.04. The lowest BCUT2D eigenvalue weighted by Crippen LogP contribution is -2.00. The van der Waals surface area contributed by atoms with Gasteiger partial charge in [0.05, 0.1) is 12.0 Å². The Morgan fingerprint density at radius 1 is 0.885 bits per heavy atom. The Morgan fingerprint density at radius 2 is 1.50 bits per heavy atom. The molecule has 0 unspecified atom stereocenters. The molecule has 0 aromatic heterocycles. The molecule has 0 aliphatic carbocycles. The summed E-state index contributed by atoms with van der Waals surface area (Å²) in [5.41, 5.74) is 3.71. The molecule has 7 heteroatoms. The Bertz CT molecular complexity index is 819. The first-order chi connectivity index (χ1) is 12.7. The molecule has 0 fully saturated rings. The van der Waals surface area contributed by atoms with E-state index in [1.54, 1.807) is 12.1 Å². The lowest BCUT2D eigenvalue weighted by atomic mass is 10.2. The molecule has 0 heterocycles. The number of hydrogen-bond acceptors (Lipinski definition) is 6. The second-order valence-electron chi connectivity index (χ2n) is 5.17. The van der Waals surface area contributed by atoms with E-state index in [1.807, 2.05) is 73.7 Å². The predicted octanol–water partition coefficient (Wildman–Crippen LogP) is 5.14. The van der Waals surface area contributed by atoms with Crippen molar-refractivity contribution in [2.24, 2.45) is 0 Å². The Kier molecular flexibility index (Phi) is 8.12. The van der Waals surface area contributed by atoms with Crippen LogP contribution in [0.5, 0.6) is 0 Å². The molecule has 0 spiro atoms. The highest BCUT2D eigenvalue weighted by molar-refractivity contribution is 7.94. The Morgan fingerprint density at radius 3 is 2.08 bits per heavy atom. The van der Waals surface area contributed by atoms with Crippen LogP contribution in [0.3, 0.4) is 0 Å². The van der Waals surface area contributed by atoms with E-state index < -0.39 is 0 Å². The van der Waals surface area contributed by atoms with Gasteiger partial charge in [0, 0.05) is 28.4 Å². The third-order valence-electron chi connectivity index (χ3n) is 3.22. The number of anilines is 2. The number of aryl methyl sites for hydroxylation is 1. The van der Waals surface area contributed by atoms with Crippen LogP contribution in [0.4, 0.5) is 17.1 Å². The van der Waals surface area contributed by atoms with Crippen molar-refractivity contribution in [3.63, 3.8) is 0 Å². The van der Waals surface area contributed by atoms with Crippen molar-refractivity contribution >= 4 is 29.1 Å². The van der Waals surface area contributed by atoms with Crippen molar-refractivity contribution in [1.29, 1.82) is 5.39 Å². The van der Waals surface area contributed by atoms with Crippen molar-refractivity contribution in [3.8, 4) is 0 Å². The van der Waals surface area contributed by atoms with Crippen molar-refractivity contribution in [2.45, 2.75) is 11.8 Å². The maximum absolute atomic E-state index is 9.43. The molecule has 0 saturated carbocycles. The van der Waals surface area contributed by atoms with Crippen LogP contribution in [0.1, 0.15) is 5.56 Å². The minimum atomic E-state index is 0.550. The summed E-state index contributed by atoms with van der Waals surface area (Å²) in [6.45, 7) is 1.99. The van der Waals surface area contributed by atoms with Gasteiger partial charge in [-0.05, 0) is 43.3 Å². The molecule has 0 aliphatic rings. The Labute approximate surface area is 156 Å². The van der Waals surface area contributed by atoms with Gasteiger partial charge in [-0.25, -0.2) is 0 Å². The first-order valence-electron chi connectivity index (χ1n) is 7.68. The number of diazo groups is 1. The van der Waals surface area contributed by atoms with Crippen LogP contribution in [-0.2, 0) is 9.37 Å². The molecule has 0 atom stereocenters. The molecule has 3 aromatic carbocycles. The summed E-state index contributed by atoms with van der Waals surface area (Å²) in [7, 11) is 0. The molecule has 132 valence electrons. The van der Waals surface area contributed by atoms with Gasteiger partial charge in [0.15, 0.2) is 4.98 Å². The van der Waals surface area contributed by atoms with Gasteiger partial charge in [-0.1, -0.05) is 35.9 Å². The molecule has 0 saturated heterocycles. The molecule has 1 N–H and O–H groups in total. The zero-order valence-corrected chi connectivity index (χ0v) is 14.8. The highest BCUT2D eigenvalue weighted by Crippen LogP contribution is 2.20. The SMILES string of the molecule is Cc1ccc(SOO[O-])cc1.N#[N+]c1ccc(Nc2ccccc2)cc1. The zero-order chi connectivity index (χ0) is 18.6. The van der Waals surface area contributed by atoms with Crippen molar-refractivity contribution in [2.75, 3.05) is 5.32 Å². The molecular formula is C19H17N3O3S. The van der Waals surface area contributed by atoms with Gasteiger partial charge >= 0.3 is 5.69 Å². The molecule has 26 heavy (non-hydrogen) atoms. The molecule has 0 aliphatic heterocycles. The van der Waals surface area contributed by atoms with Crippen LogP contribution >= 0.6 is 12.0 Å². The topological polar surface area (TPSA) is 81.7 Å². The minimum Gasteiger partial charge on any atom is -0.691 e. The number of para-hydroxylation sites is 1. The number of rotatable bonds is 5. The fraction of sp³-hybridized carbons (Fsp3) is 0.0526. The monoisotopic (exact) mass is 367 g/mol. The summed E-state index contributed by atoms with van der Waals surface area (Å²) in [6, 6.07) is 24.7. The highest BCUT2D eigenvalue weighted by Gasteiger charge is 2.02.